The van der Waals surface area contributed by atoms with Crippen molar-refractivity contribution in [1.82, 2.24) is 9.34 Å². The molecular formula is C8H13N2PS. The molecule has 12 heavy (non-hydrogen) atoms. The Labute approximate surface area is 79.3 Å². The molecule has 0 N–H and O–H groups in total. The minimum atomic E-state index is -1.54. The minimum Gasteiger partial charge on any atom is -0.341 e. The van der Waals surface area contributed by atoms with Gasteiger partial charge in [0.25, 0.3) is 0 Å². The predicted octanol–water partition coefficient (Wildman–Crippen LogP) is 1.32. The second kappa shape index (κ2) is 3.22. The molecule has 0 aromatic heterocycles. The second-order valence-corrected chi connectivity index (χ2v) is 7.87. The first-order valence-electron chi connectivity index (χ1n) is 3.68. The smallest absolute Gasteiger partial charge is 0.104 e. The molecule has 0 fully saturated rings. The lowest BCUT2D eigenvalue weighted by Gasteiger charge is -2.31. The first-order chi connectivity index (χ1) is 5.50. The van der Waals surface area contributed by atoms with Crippen LogP contribution in [0.5, 0.6) is 0 Å². The first-order valence-corrected chi connectivity index (χ1v) is 6.57. The highest BCUT2D eigenvalue weighted by Crippen LogP contribution is 2.56. The highest BCUT2D eigenvalue weighted by molar-refractivity contribution is 8.12. The summed E-state index contributed by atoms with van der Waals surface area (Å²) in [7, 11) is 6.04. The summed E-state index contributed by atoms with van der Waals surface area (Å²) in [6, 6.07) is 0. The Morgan fingerprint density at radius 1 is 1.75 bits per heavy atom. The van der Waals surface area contributed by atoms with E-state index >= 15 is 0 Å². The van der Waals surface area contributed by atoms with Gasteiger partial charge in [-0.2, -0.15) is 0 Å². The van der Waals surface area contributed by atoms with Crippen molar-refractivity contribution < 1.29 is 0 Å². The van der Waals surface area contributed by atoms with E-state index in [-0.39, 0.29) is 0 Å². The maximum absolute atomic E-state index is 5.57. The van der Waals surface area contributed by atoms with Gasteiger partial charge >= 0.3 is 0 Å². The van der Waals surface area contributed by atoms with Crippen LogP contribution in [-0.4, -0.2) is 36.6 Å². The third-order valence-corrected chi connectivity index (χ3v) is 7.27. The standard InChI is InChI=1S/C8H13N2PS/c1-5-8-6-10(4)11(12,7-8)9(2)3/h1,6H,7H2,2-4H3. The quantitative estimate of drug-likeness (QED) is 0.465. The molecule has 0 aromatic carbocycles. The molecule has 0 radical (unpaired) electrons. The van der Waals surface area contributed by atoms with E-state index in [2.05, 4.69) is 15.3 Å². The molecule has 1 rings (SSSR count). The Morgan fingerprint density at radius 3 is 2.58 bits per heavy atom. The Bertz CT molecular complexity index is 301. The van der Waals surface area contributed by atoms with Crippen LogP contribution in [0.4, 0.5) is 0 Å². The van der Waals surface area contributed by atoms with Crippen molar-refractivity contribution >= 4 is 18.1 Å². The Morgan fingerprint density at radius 2 is 2.33 bits per heavy atom. The third-order valence-electron chi connectivity index (χ3n) is 2.02. The predicted molar refractivity (Wildman–Crippen MR) is 57.5 cm³/mol. The molecule has 66 valence electrons. The van der Waals surface area contributed by atoms with Crippen molar-refractivity contribution in [2.24, 2.45) is 0 Å². The molecular weight excluding hydrogens is 187 g/mol. The van der Waals surface area contributed by atoms with E-state index in [0.717, 1.165) is 11.7 Å². The van der Waals surface area contributed by atoms with Crippen molar-refractivity contribution in [2.45, 2.75) is 0 Å². The Hall–Kier alpha value is -0.290. The normalized spacial score (nSPS) is 28.9. The fourth-order valence-corrected chi connectivity index (χ4v) is 3.76. The van der Waals surface area contributed by atoms with E-state index in [0.29, 0.717) is 0 Å². The zero-order chi connectivity index (χ0) is 9.35. The third kappa shape index (κ3) is 1.43. The molecule has 1 aliphatic rings. The van der Waals surface area contributed by atoms with Gasteiger partial charge in [0.05, 0.1) is 0 Å². The summed E-state index contributed by atoms with van der Waals surface area (Å²) in [5, 5.41) is 0. The molecule has 1 heterocycles. The lowest BCUT2D eigenvalue weighted by Crippen LogP contribution is -2.18. The van der Waals surface area contributed by atoms with E-state index in [1.165, 1.54) is 0 Å². The van der Waals surface area contributed by atoms with Gasteiger partial charge in [-0.25, -0.2) is 0 Å². The maximum Gasteiger partial charge on any atom is 0.104 e. The van der Waals surface area contributed by atoms with Gasteiger partial charge in [0, 0.05) is 25.0 Å². The summed E-state index contributed by atoms with van der Waals surface area (Å²) in [4.78, 5) is 0. The van der Waals surface area contributed by atoms with Crippen molar-refractivity contribution in [1.29, 1.82) is 0 Å². The van der Waals surface area contributed by atoms with Gasteiger partial charge in [0.2, 0.25) is 0 Å². The van der Waals surface area contributed by atoms with Gasteiger partial charge in [0.1, 0.15) is 6.34 Å². The van der Waals surface area contributed by atoms with Gasteiger partial charge in [-0.15, -0.1) is 6.42 Å². The molecule has 0 amide bonds. The van der Waals surface area contributed by atoms with E-state index in [1.807, 2.05) is 27.3 Å². The van der Waals surface area contributed by atoms with Crippen LogP contribution in [0.2, 0.25) is 0 Å². The second-order valence-electron chi connectivity index (χ2n) is 3.04. The molecule has 0 spiro atoms. The lowest BCUT2D eigenvalue weighted by atomic mass is 10.3. The average Bonchev–Trinajstić information content (AvgIpc) is 2.29. The number of rotatable bonds is 1. The van der Waals surface area contributed by atoms with Gasteiger partial charge in [0.15, 0.2) is 0 Å². The molecule has 2 nitrogen and oxygen atoms in total. The minimum absolute atomic E-state index is 0.863. The highest BCUT2D eigenvalue weighted by Gasteiger charge is 2.29. The molecule has 1 atom stereocenters. The maximum atomic E-state index is 5.57. The molecule has 0 aliphatic carbocycles. The van der Waals surface area contributed by atoms with E-state index in [1.54, 1.807) is 0 Å². The SMILES string of the molecule is C#CC1=CN(C)P(=S)(N(C)C)C1. The molecule has 4 heteroatoms. The number of hydrogen-bond donors (Lipinski definition) is 0. The number of nitrogens with zero attached hydrogens (tertiary/aromatic N) is 2. The summed E-state index contributed by atoms with van der Waals surface area (Å²) in [5.41, 5.74) is 1.02. The topological polar surface area (TPSA) is 6.48 Å². The van der Waals surface area contributed by atoms with Crippen LogP contribution in [0.25, 0.3) is 0 Å². The summed E-state index contributed by atoms with van der Waals surface area (Å²) in [6.45, 7) is 0. The monoisotopic (exact) mass is 200 g/mol. The molecule has 1 unspecified atom stereocenters. The molecule has 0 bridgehead atoms. The van der Waals surface area contributed by atoms with Crippen LogP contribution in [0.3, 0.4) is 0 Å². The van der Waals surface area contributed by atoms with Gasteiger partial charge in [-0.1, -0.05) is 17.7 Å². The average molecular weight is 200 g/mol. The van der Waals surface area contributed by atoms with Crippen molar-refractivity contribution in [2.75, 3.05) is 27.3 Å². The van der Waals surface area contributed by atoms with Gasteiger partial charge in [-0.3, -0.25) is 4.67 Å². The number of allylic oxidation sites excluding steroid dienone is 1. The molecule has 0 saturated carbocycles. The van der Waals surface area contributed by atoms with E-state index in [4.69, 9.17) is 18.2 Å². The van der Waals surface area contributed by atoms with Gasteiger partial charge in [-0.05, 0) is 14.1 Å². The van der Waals surface area contributed by atoms with Crippen LogP contribution in [0.15, 0.2) is 11.8 Å². The van der Waals surface area contributed by atoms with Crippen LogP contribution in [0.1, 0.15) is 0 Å². The van der Waals surface area contributed by atoms with E-state index in [9.17, 15) is 0 Å². The Balaban J connectivity index is 2.93. The number of terminal acetylenes is 1. The molecule has 0 saturated heterocycles. The van der Waals surface area contributed by atoms with Crippen LogP contribution in [0, 0.1) is 12.3 Å². The van der Waals surface area contributed by atoms with Crippen molar-refractivity contribution in [3.63, 3.8) is 0 Å². The zero-order valence-corrected chi connectivity index (χ0v) is 9.32. The van der Waals surface area contributed by atoms with Crippen molar-refractivity contribution in [3.05, 3.63) is 11.8 Å². The summed E-state index contributed by atoms with van der Waals surface area (Å²) < 4.78 is 4.21. The van der Waals surface area contributed by atoms with Crippen molar-refractivity contribution in [3.8, 4) is 12.3 Å². The largest absolute Gasteiger partial charge is 0.341 e. The molecule has 0 aromatic rings. The van der Waals surface area contributed by atoms with Crippen LogP contribution < -0.4 is 0 Å². The lowest BCUT2D eigenvalue weighted by molar-refractivity contribution is 0.610. The fourth-order valence-electron chi connectivity index (χ4n) is 1.20. The van der Waals surface area contributed by atoms with E-state index < -0.39 is 6.34 Å². The Kier molecular flexibility index (Phi) is 2.63. The summed E-state index contributed by atoms with van der Waals surface area (Å²) in [6.07, 6.45) is 6.63. The fraction of sp³-hybridized carbons (Fsp3) is 0.500. The van der Waals surface area contributed by atoms with Crippen LogP contribution in [-0.2, 0) is 11.8 Å². The zero-order valence-electron chi connectivity index (χ0n) is 7.61. The summed E-state index contributed by atoms with van der Waals surface area (Å²) in [5.74, 6) is 2.66. The van der Waals surface area contributed by atoms with Crippen LogP contribution >= 0.6 is 6.34 Å². The summed E-state index contributed by atoms with van der Waals surface area (Å²) >= 11 is 5.57. The number of hydrogen-bond acceptors (Lipinski definition) is 1. The van der Waals surface area contributed by atoms with Gasteiger partial charge < -0.3 is 4.67 Å². The highest BCUT2D eigenvalue weighted by atomic mass is 32.4. The molecule has 1 aliphatic heterocycles. The first kappa shape index (κ1) is 9.80.